The van der Waals surface area contributed by atoms with E-state index >= 15 is 0 Å². The van der Waals surface area contributed by atoms with Crippen LogP contribution in [-0.2, 0) is 14.3 Å². The fourth-order valence-electron chi connectivity index (χ4n) is 3.94. The Morgan fingerprint density at radius 1 is 1.12 bits per heavy atom. The fraction of sp³-hybridized carbons (Fsp3) is 0.565. The first kappa shape index (κ1) is 23.6. The van der Waals surface area contributed by atoms with E-state index in [1.807, 2.05) is 32.9 Å². The van der Waals surface area contributed by atoms with E-state index in [2.05, 4.69) is 10.6 Å². The zero-order valence-electron chi connectivity index (χ0n) is 19.0. The highest BCUT2D eigenvalue weighted by molar-refractivity contribution is 6.04. The lowest BCUT2D eigenvalue weighted by Gasteiger charge is -2.33. The van der Waals surface area contributed by atoms with Crippen LogP contribution in [0.2, 0.25) is 0 Å². The van der Waals surface area contributed by atoms with Gasteiger partial charge in [0.05, 0.1) is 12.7 Å². The van der Waals surface area contributed by atoms with Crippen molar-refractivity contribution >= 4 is 23.8 Å². The molecule has 0 spiro atoms. The molecule has 0 bridgehead atoms. The van der Waals surface area contributed by atoms with Crippen LogP contribution in [0.3, 0.4) is 0 Å². The molecule has 2 fully saturated rings. The molecule has 0 aromatic heterocycles. The van der Waals surface area contributed by atoms with Crippen LogP contribution in [0.15, 0.2) is 18.2 Å². The molecule has 9 heteroatoms. The first-order valence-corrected chi connectivity index (χ1v) is 10.9. The van der Waals surface area contributed by atoms with E-state index in [4.69, 9.17) is 9.47 Å². The number of benzene rings is 1. The SMILES string of the molecule is COc1cc(C2CCN(C(=O)OC(C)(C)C)CC2)ccc1C(=O)NC1CCC(=O)NC1=O. The number of rotatable bonds is 4. The largest absolute Gasteiger partial charge is 0.496 e. The Morgan fingerprint density at radius 2 is 1.81 bits per heavy atom. The van der Waals surface area contributed by atoms with Crippen molar-refractivity contribution in [2.75, 3.05) is 20.2 Å². The molecule has 1 aromatic rings. The average molecular weight is 446 g/mol. The van der Waals surface area contributed by atoms with E-state index in [0.29, 0.717) is 24.4 Å². The van der Waals surface area contributed by atoms with Crippen LogP contribution < -0.4 is 15.4 Å². The lowest BCUT2D eigenvalue weighted by Crippen LogP contribution is -2.52. The van der Waals surface area contributed by atoms with Crippen molar-refractivity contribution in [3.05, 3.63) is 29.3 Å². The highest BCUT2D eigenvalue weighted by atomic mass is 16.6. The van der Waals surface area contributed by atoms with Gasteiger partial charge in [-0.3, -0.25) is 19.7 Å². The predicted molar refractivity (Wildman–Crippen MR) is 116 cm³/mol. The third-order valence-electron chi connectivity index (χ3n) is 5.63. The van der Waals surface area contributed by atoms with Gasteiger partial charge < -0.3 is 19.7 Å². The summed E-state index contributed by atoms with van der Waals surface area (Å²) in [6.45, 7) is 6.74. The Bertz CT molecular complexity index is 899. The Balaban J connectivity index is 1.63. The van der Waals surface area contributed by atoms with E-state index in [-0.39, 0.29) is 30.8 Å². The van der Waals surface area contributed by atoms with E-state index in [0.717, 1.165) is 18.4 Å². The number of piperidine rings is 2. The van der Waals surface area contributed by atoms with Crippen LogP contribution in [0.1, 0.15) is 68.3 Å². The van der Waals surface area contributed by atoms with Gasteiger partial charge in [0.2, 0.25) is 11.8 Å². The zero-order chi connectivity index (χ0) is 23.5. The van der Waals surface area contributed by atoms with Gasteiger partial charge in [-0.25, -0.2) is 4.79 Å². The number of ether oxygens (including phenoxy) is 2. The van der Waals surface area contributed by atoms with Gasteiger partial charge in [0, 0.05) is 19.5 Å². The molecule has 3 rings (SSSR count). The number of carbonyl (C=O) groups is 4. The lowest BCUT2D eigenvalue weighted by atomic mass is 9.88. The molecule has 0 radical (unpaired) electrons. The Hall–Kier alpha value is -3.10. The van der Waals surface area contributed by atoms with Crippen LogP contribution >= 0.6 is 0 Å². The first-order chi connectivity index (χ1) is 15.1. The Kier molecular flexibility index (Phi) is 7.06. The standard InChI is InChI=1S/C23H31N3O6/c1-23(2,3)32-22(30)26-11-9-14(10-12-26)15-5-6-16(18(13-15)31-4)20(28)24-17-7-8-19(27)25-21(17)29/h5-6,13-14,17H,7-12H2,1-4H3,(H,24,28)(H,25,27,29). The molecule has 1 unspecified atom stereocenters. The van der Waals surface area contributed by atoms with Crippen LogP contribution in [0, 0.1) is 0 Å². The molecule has 1 aromatic carbocycles. The normalized spacial score (nSPS) is 19.9. The highest BCUT2D eigenvalue weighted by Crippen LogP contribution is 2.32. The maximum absolute atomic E-state index is 12.7. The number of likely N-dealkylation sites (tertiary alicyclic amines) is 1. The number of nitrogens with zero attached hydrogens (tertiary/aromatic N) is 1. The van der Waals surface area contributed by atoms with Gasteiger partial charge in [0.25, 0.3) is 5.91 Å². The number of methoxy groups -OCH3 is 1. The third-order valence-corrected chi connectivity index (χ3v) is 5.63. The summed E-state index contributed by atoms with van der Waals surface area (Å²) in [6.07, 6.45) is 1.73. The molecule has 0 aliphatic carbocycles. The summed E-state index contributed by atoms with van der Waals surface area (Å²) < 4.78 is 10.9. The van der Waals surface area contributed by atoms with E-state index < -0.39 is 23.5 Å². The fourth-order valence-corrected chi connectivity index (χ4v) is 3.94. The van der Waals surface area contributed by atoms with Gasteiger partial charge in [-0.1, -0.05) is 6.07 Å². The maximum Gasteiger partial charge on any atom is 0.410 e. The van der Waals surface area contributed by atoms with Crippen molar-refractivity contribution in [1.82, 2.24) is 15.5 Å². The first-order valence-electron chi connectivity index (χ1n) is 10.9. The number of nitrogens with one attached hydrogen (secondary N) is 2. The molecule has 32 heavy (non-hydrogen) atoms. The van der Waals surface area contributed by atoms with E-state index in [9.17, 15) is 19.2 Å². The second-order valence-electron chi connectivity index (χ2n) is 9.18. The van der Waals surface area contributed by atoms with Crippen LogP contribution in [0.5, 0.6) is 5.75 Å². The predicted octanol–water partition coefficient (Wildman–Crippen LogP) is 2.34. The van der Waals surface area contributed by atoms with Crippen LogP contribution in [0.25, 0.3) is 0 Å². The van der Waals surface area contributed by atoms with Crippen molar-refractivity contribution in [1.29, 1.82) is 0 Å². The van der Waals surface area contributed by atoms with Gasteiger partial charge in [-0.15, -0.1) is 0 Å². The third kappa shape index (κ3) is 5.77. The maximum atomic E-state index is 12.7. The topological polar surface area (TPSA) is 114 Å². The summed E-state index contributed by atoms with van der Waals surface area (Å²) in [4.78, 5) is 49.9. The summed E-state index contributed by atoms with van der Waals surface area (Å²) in [5, 5.41) is 4.90. The van der Waals surface area contributed by atoms with Gasteiger partial charge >= 0.3 is 6.09 Å². The second-order valence-corrected chi connectivity index (χ2v) is 9.18. The van der Waals surface area contributed by atoms with Gasteiger partial charge in [-0.2, -0.15) is 0 Å². The quantitative estimate of drug-likeness (QED) is 0.688. The molecule has 0 saturated carbocycles. The monoisotopic (exact) mass is 445 g/mol. The zero-order valence-corrected chi connectivity index (χ0v) is 19.0. The summed E-state index contributed by atoms with van der Waals surface area (Å²) in [6, 6.07) is 4.67. The molecular weight excluding hydrogens is 414 g/mol. The number of carbonyl (C=O) groups excluding carboxylic acids is 4. The van der Waals surface area contributed by atoms with Crippen LogP contribution in [0.4, 0.5) is 4.79 Å². The number of hydrogen-bond acceptors (Lipinski definition) is 6. The number of hydrogen-bond donors (Lipinski definition) is 2. The van der Waals surface area contributed by atoms with Crippen molar-refractivity contribution in [2.45, 2.75) is 64.0 Å². The molecule has 4 amide bonds. The van der Waals surface area contributed by atoms with E-state index in [1.54, 1.807) is 11.0 Å². The van der Waals surface area contributed by atoms with Crippen molar-refractivity contribution in [2.24, 2.45) is 0 Å². The van der Waals surface area contributed by atoms with Crippen molar-refractivity contribution in [3.8, 4) is 5.75 Å². The molecule has 2 saturated heterocycles. The number of imide groups is 1. The molecule has 2 heterocycles. The summed E-state index contributed by atoms with van der Waals surface area (Å²) in [7, 11) is 1.49. The summed E-state index contributed by atoms with van der Waals surface area (Å²) in [5.74, 6) is -0.610. The molecule has 2 aliphatic heterocycles. The second kappa shape index (κ2) is 9.58. The van der Waals surface area contributed by atoms with Crippen molar-refractivity contribution < 1.29 is 28.7 Å². The smallest absolute Gasteiger partial charge is 0.410 e. The molecule has 2 aliphatic rings. The average Bonchev–Trinajstić information content (AvgIpc) is 2.74. The van der Waals surface area contributed by atoms with Gasteiger partial charge in [0.15, 0.2) is 0 Å². The van der Waals surface area contributed by atoms with Gasteiger partial charge in [-0.05, 0) is 63.6 Å². The number of amides is 4. The van der Waals surface area contributed by atoms with Gasteiger partial charge in [0.1, 0.15) is 17.4 Å². The minimum absolute atomic E-state index is 0.189. The Labute approximate surface area is 187 Å². The molecule has 2 N–H and O–H groups in total. The highest BCUT2D eigenvalue weighted by Gasteiger charge is 2.30. The molecule has 174 valence electrons. The minimum atomic E-state index is -0.748. The lowest BCUT2D eigenvalue weighted by molar-refractivity contribution is -0.134. The Morgan fingerprint density at radius 3 is 2.41 bits per heavy atom. The molecule has 1 atom stereocenters. The minimum Gasteiger partial charge on any atom is -0.496 e. The van der Waals surface area contributed by atoms with Crippen molar-refractivity contribution in [3.63, 3.8) is 0 Å². The summed E-state index contributed by atoms with van der Waals surface area (Å²) >= 11 is 0. The molecule has 9 nitrogen and oxygen atoms in total. The summed E-state index contributed by atoms with van der Waals surface area (Å²) in [5.41, 5.74) is 0.835. The van der Waals surface area contributed by atoms with Crippen LogP contribution in [-0.4, -0.2) is 60.6 Å². The molecular formula is C23H31N3O6. The van der Waals surface area contributed by atoms with E-state index in [1.165, 1.54) is 7.11 Å².